The van der Waals surface area contributed by atoms with Crippen LogP contribution >= 0.6 is 0 Å². The van der Waals surface area contributed by atoms with Crippen molar-refractivity contribution in [3.8, 4) is 0 Å². The molecule has 0 spiro atoms. The second-order valence-corrected chi connectivity index (χ2v) is 5.98. The summed E-state index contributed by atoms with van der Waals surface area (Å²) in [5.41, 5.74) is 2.11. The van der Waals surface area contributed by atoms with Crippen molar-refractivity contribution in [3.63, 3.8) is 0 Å². The first-order chi connectivity index (χ1) is 12.3. The SMILES string of the molecule is C1=CN(CN2C=CN(Cc3ccccn3)[CH-]2)[CH-]N1Cc1ccccn1.[Ni+2]. The molecule has 136 valence electrons. The Morgan fingerprint density at radius 3 is 1.54 bits per heavy atom. The molecule has 0 unspecified atom stereocenters. The molecule has 0 aromatic carbocycles. The van der Waals surface area contributed by atoms with Crippen LogP contribution in [-0.4, -0.2) is 36.2 Å². The van der Waals surface area contributed by atoms with Crippen LogP contribution in [0, 0.1) is 13.3 Å². The first-order valence-corrected chi connectivity index (χ1v) is 8.25. The van der Waals surface area contributed by atoms with Gasteiger partial charge < -0.3 is 19.6 Å². The van der Waals surface area contributed by atoms with Crippen molar-refractivity contribution < 1.29 is 16.5 Å². The molecule has 4 heterocycles. The number of pyridine rings is 2. The van der Waals surface area contributed by atoms with E-state index in [-0.39, 0.29) is 16.5 Å². The number of hydrogen-bond donors (Lipinski definition) is 0. The average molecular weight is 391 g/mol. The summed E-state index contributed by atoms with van der Waals surface area (Å²) in [6, 6.07) is 12.0. The Balaban J connectivity index is 0.00000196. The van der Waals surface area contributed by atoms with Gasteiger partial charge in [0, 0.05) is 32.2 Å². The van der Waals surface area contributed by atoms with Crippen LogP contribution in [0.3, 0.4) is 0 Å². The van der Waals surface area contributed by atoms with E-state index < -0.39 is 0 Å². The predicted molar refractivity (Wildman–Crippen MR) is 95.0 cm³/mol. The maximum atomic E-state index is 4.37. The second kappa shape index (κ2) is 8.72. The summed E-state index contributed by atoms with van der Waals surface area (Å²) < 4.78 is 0. The molecular weight excluding hydrogens is 371 g/mol. The summed E-state index contributed by atoms with van der Waals surface area (Å²) in [7, 11) is 0. The van der Waals surface area contributed by atoms with Crippen molar-refractivity contribution in [2.24, 2.45) is 0 Å². The molecule has 0 saturated heterocycles. The van der Waals surface area contributed by atoms with Gasteiger partial charge in [0.2, 0.25) is 0 Å². The van der Waals surface area contributed by atoms with Gasteiger partial charge in [-0.3, -0.25) is 9.97 Å². The molecule has 0 N–H and O–H groups in total. The zero-order chi connectivity index (χ0) is 16.9. The summed E-state index contributed by atoms with van der Waals surface area (Å²) in [4.78, 5) is 17.3. The van der Waals surface area contributed by atoms with E-state index in [1.807, 2.05) is 48.8 Å². The van der Waals surface area contributed by atoms with Crippen LogP contribution < -0.4 is 0 Å². The van der Waals surface area contributed by atoms with Crippen molar-refractivity contribution in [2.75, 3.05) is 6.67 Å². The first-order valence-electron chi connectivity index (χ1n) is 8.25. The van der Waals surface area contributed by atoms with Crippen molar-refractivity contribution in [2.45, 2.75) is 13.1 Å². The summed E-state index contributed by atoms with van der Waals surface area (Å²) in [6.07, 6.45) is 11.9. The van der Waals surface area contributed by atoms with Crippen molar-refractivity contribution in [1.82, 2.24) is 29.6 Å². The van der Waals surface area contributed by atoms with Crippen LogP contribution in [-0.2, 0) is 29.6 Å². The largest absolute Gasteiger partial charge is 2.00 e. The summed E-state index contributed by atoms with van der Waals surface area (Å²) >= 11 is 0. The Hall–Kier alpha value is -2.53. The Labute approximate surface area is 164 Å². The van der Waals surface area contributed by atoms with Gasteiger partial charge in [0.25, 0.3) is 0 Å². The molecule has 26 heavy (non-hydrogen) atoms. The molecule has 2 aliphatic heterocycles. The van der Waals surface area contributed by atoms with Crippen LogP contribution in [0.1, 0.15) is 11.4 Å². The minimum atomic E-state index is 0. The Morgan fingerprint density at radius 1 is 0.654 bits per heavy atom. The molecule has 2 aliphatic rings. The Kier molecular flexibility index (Phi) is 6.13. The van der Waals surface area contributed by atoms with Gasteiger partial charge in [-0.05, 0) is 49.1 Å². The summed E-state index contributed by atoms with van der Waals surface area (Å²) in [5, 5.41) is 0. The van der Waals surface area contributed by atoms with E-state index in [1.165, 1.54) is 0 Å². The van der Waals surface area contributed by atoms with Gasteiger partial charge >= 0.3 is 16.5 Å². The molecular formula is C19H20N6Ni. The molecule has 7 heteroatoms. The normalized spacial score (nSPS) is 15.7. The third-order valence-electron chi connectivity index (χ3n) is 3.96. The molecule has 0 saturated carbocycles. The molecule has 0 atom stereocenters. The molecule has 0 amide bonds. The van der Waals surface area contributed by atoms with Gasteiger partial charge in [0.1, 0.15) is 0 Å². The fourth-order valence-electron chi connectivity index (χ4n) is 2.78. The monoisotopic (exact) mass is 390 g/mol. The first kappa shape index (κ1) is 18.3. The maximum Gasteiger partial charge on any atom is 2.00 e. The van der Waals surface area contributed by atoms with Crippen LogP contribution in [0.25, 0.3) is 0 Å². The van der Waals surface area contributed by atoms with E-state index in [0.717, 1.165) is 31.1 Å². The quantitative estimate of drug-likeness (QED) is 0.557. The van der Waals surface area contributed by atoms with E-state index in [9.17, 15) is 0 Å². The number of rotatable bonds is 6. The Bertz CT molecular complexity index is 673. The van der Waals surface area contributed by atoms with Gasteiger partial charge in [-0.15, -0.1) is 0 Å². The van der Waals surface area contributed by atoms with Crippen LogP contribution in [0.15, 0.2) is 73.6 Å². The van der Waals surface area contributed by atoms with Gasteiger partial charge in [-0.2, -0.15) is 13.3 Å². The minimum Gasteiger partial charge on any atom is -0.503 e. The molecule has 6 nitrogen and oxygen atoms in total. The molecule has 2 aromatic rings. The fraction of sp³-hybridized carbons (Fsp3) is 0.158. The van der Waals surface area contributed by atoms with E-state index in [2.05, 4.69) is 67.7 Å². The molecule has 0 bridgehead atoms. The molecule has 2 aromatic heterocycles. The Morgan fingerprint density at radius 2 is 1.12 bits per heavy atom. The summed E-state index contributed by atoms with van der Waals surface area (Å²) in [6.45, 7) is 6.51. The summed E-state index contributed by atoms with van der Waals surface area (Å²) in [5.74, 6) is 0. The van der Waals surface area contributed by atoms with Crippen molar-refractivity contribution in [1.29, 1.82) is 0 Å². The van der Waals surface area contributed by atoms with Crippen LogP contribution in [0.4, 0.5) is 0 Å². The molecule has 0 radical (unpaired) electrons. The minimum absolute atomic E-state index is 0. The number of nitrogens with zero attached hydrogens (tertiary/aromatic N) is 6. The number of aromatic nitrogens is 2. The smallest absolute Gasteiger partial charge is 0.503 e. The third kappa shape index (κ3) is 4.76. The van der Waals surface area contributed by atoms with Gasteiger partial charge in [-0.1, -0.05) is 12.1 Å². The van der Waals surface area contributed by atoms with Gasteiger partial charge in [0.15, 0.2) is 0 Å². The van der Waals surface area contributed by atoms with E-state index in [0.29, 0.717) is 0 Å². The van der Waals surface area contributed by atoms with E-state index >= 15 is 0 Å². The molecule has 0 fully saturated rings. The average Bonchev–Trinajstić information content (AvgIpc) is 3.27. The van der Waals surface area contributed by atoms with Crippen LogP contribution in [0.5, 0.6) is 0 Å². The third-order valence-corrected chi connectivity index (χ3v) is 3.96. The van der Waals surface area contributed by atoms with Gasteiger partial charge in [0.05, 0.1) is 11.4 Å². The zero-order valence-corrected chi connectivity index (χ0v) is 15.2. The fourth-order valence-corrected chi connectivity index (χ4v) is 2.78. The molecule has 4 rings (SSSR count). The maximum absolute atomic E-state index is 4.37. The van der Waals surface area contributed by atoms with Gasteiger partial charge in [-0.25, -0.2) is 0 Å². The standard InChI is InChI=1S/C19H20N6.Ni/c1-3-7-20-18(5-1)13-22-9-11-24(15-22)17-25-12-10-23(16-25)14-19-6-2-4-8-21-19;/h1-12,15-16H,13-14,17H2;/q-2;+2. The number of hydrogen-bond acceptors (Lipinski definition) is 6. The van der Waals surface area contributed by atoms with Crippen molar-refractivity contribution >= 4 is 0 Å². The van der Waals surface area contributed by atoms with E-state index in [1.54, 1.807) is 0 Å². The predicted octanol–water partition coefficient (Wildman–Crippen LogP) is 2.55. The van der Waals surface area contributed by atoms with Crippen LogP contribution in [0.2, 0.25) is 0 Å². The zero-order valence-electron chi connectivity index (χ0n) is 14.2. The second-order valence-electron chi connectivity index (χ2n) is 5.98. The molecule has 0 aliphatic carbocycles. The topological polar surface area (TPSA) is 38.7 Å². The van der Waals surface area contributed by atoms with E-state index in [4.69, 9.17) is 0 Å². The van der Waals surface area contributed by atoms with Crippen molar-refractivity contribution in [3.05, 3.63) is 98.3 Å².